The van der Waals surface area contributed by atoms with Crippen LogP contribution in [0.15, 0.2) is 35.1 Å². The van der Waals surface area contributed by atoms with Crippen molar-refractivity contribution in [2.24, 2.45) is 0 Å². The Hall–Kier alpha value is -1.82. The first-order valence-corrected chi connectivity index (χ1v) is 5.88. The largest absolute Gasteiger partial charge is 0.494 e. The average Bonchev–Trinajstić information content (AvgIpc) is 2.74. The summed E-state index contributed by atoms with van der Waals surface area (Å²) in [5, 5.41) is 2.64. The monoisotopic (exact) mass is 312 g/mol. The maximum absolute atomic E-state index is 13.4. The molecule has 0 fully saturated rings. The van der Waals surface area contributed by atoms with Crippen LogP contribution in [0.1, 0.15) is 10.4 Å². The molecule has 0 atom stereocenters. The van der Waals surface area contributed by atoms with Gasteiger partial charge in [-0.2, -0.15) is 0 Å². The van der Waals surface area contributed by atoms with E-state index in [4.69, 9.17) is 4.74 Å². The smallest absolute Gasteiger partial charge is 0.255 e. The molecule has 18 heavy (non-hydrogen) atoms. The first kappa shape index (κ1) is 12.6. The number of benzene rings is 1. The van der Waals surface area contributed by atoms with Crippen molar-refractivity contribution in [2.75, 3.05) is 12.4 Å². The summed E-state index contributed by atoms with van der Waals surface area (Å²) < 4.78 is 19.0. The number of carbonyl (C=O) groups excluding carboxylic acids is 1. The van der Waals surface area contributed by atoms with Gasteiger partial charge >= 0.3 is 0 Å². The molecule has 0 bridgehead atoms. The van der Waals surface area contributed by atoms with Gasteiger partial charge in [0, 0.05) is 11.8 Å². The molecule has 6 heteroatoms. The van der Waals surface area contributed by atoms with Gasteiger partial charge in [-0.15, -0.1) is 0 Å². The molecule has 0 aliphatic rings. The van der Waals surface area contributed by atoms with Crippen LogP contribution >= 0.6 is 15.9 Å². The molecule has 1 heterocycles. The molecular weight excluding hydrogens is 303 g/mol. The van der Waals surface area contributed by atoms with Crippen molar-refractivity contribution in [3.8, 4) is 5.75 Å². The molecule has 0 saturated carbocycles. The van der Waals surface area contributed by atoms with Gasteiger partial charge in [-0.1, -0.05) is 0 Å². The Morgan fingerprint density at radius 2 is 2.22 bits per heavy atom. The van der Waals surface area contributed by atoms with Gasteiger partial charge in [0.05, 0.1) is 17.4 Å². The standard InChI is InChI=1S/C12H10BrFN2O2/c1-18-10-3-2-7(4-9(10)14)12(17)16-8-5-11(13)15-6-8/h2-6,15H,1H3,(H,16,17). The van der Waals surface area contributed by atoms with Gasteiger partial charge in [-0.05, 0) is 40.2 Å². The maximum atomic E-state index is 13.4. The van der Waals surface area contributed by atoms with Crippen molar-refractivity contribution in [1.82, 2.24) is 4.98 Å². The zero-order valence-corrected chi connectivity index (χ0v) is 11.0. The van der Waals surface area contributed by atoms with Gasteiger partial charge < -0.3 is 15.0 Å². The minimum Gasteiger partial charge on any atom is -0.494 e. The highest BCUT2D eigenvalue weighted by Gasteiger charge is 2.10. The highest BCUT2D eigenvalue weighted by molar-refractivity contribution is 9.10. The van der Waals surface area contributed by atoms with E-state index in [-0.39, 0.29) is 17.2 Å². The summed E-state index contributed by atoms with van der Waals surface area (Å²) in [5.74, 6) is -0.848. The van der Waals surface area contributed by atoms with E-state index in [9.17, 15) is 9.18 Å². The Balaban J connectivity index is 2.16. The summed E-state index contributed by atoms with van der Waals surface area (Å²) in [6, 6.07) is 5.75. The van der Waals surface area contributed by atoms with Crippen LogP contribution in [0.3, 0.4) is 0 Å². The lowest BCUT2D eigenvalue weighted by Crippen LogP contribution is -2.11. The Labute approximate surface area is 111 Å². The summed E-state index contributed by atoms with van der Waals surface area (Å²) in [6.07, 6.45) is 1.63. The van der Waals surface area contributed by atoms with Crippen LogP contribution in [0.2, 0.25) is 0 Å². The summed E-state index contributed by atoms with van der Waals surface area (Å²) in [6.45, 7) is 0. The van der Waals surface area contributed by atoms with E-state index >= 15 is 0 Å². The van der Waals surface area contributed by atoms with Crippen molar-refractivity contribution < 1.29 is 13.9 Å². The predicted octanol–water partition coefficient (Wildman–Crippen LogP) is 3.18. The zero-order valence-electron chi connectivity index (χ0n) is 9.46. The van der Waals surface area contributed by atoms with Gasteiger partial charge in [0.1, 0.15) is 0 Å². The Morgan fingerprint density at radius 3 is 2.78 bits per heavy atom. The van der Waals surface area contributed by atoms with Crippen LogP contribution in [0.5, 0.6) is 5.75 Å². The molecule has 1 aromatic heterocycles. The third-order valence-corrected chi connectivity index (χ3v) is 2.78. The fourth-order valence-corrected chi connectivity index (χ4v) is 1.81. The van der Waals surface area contributed by atoms with Gasteiger partial charge in [-0.25, -0.2) is 4.39 Å². The van der Waals surface area contributed by atoms with Crippen LogP contribution in [0.25, 0.3) is 0 Å². The maximum Gasteiger partial charge on any atom is 0.255 e. The van der Waals surface area contributed by atoms with Gasteiger partial charge in [0.25, 0.3) is 5.91 Å². The van der Waals surface area contributed by atoms with Crippen molar-refractivity contribution in [2.45, 2.75) is 0 Å². The van der Waals surface area contributed by atoms with Gasteiger partial charge in [-0.3, -0.25) is 4.79 Å². The number of methoxy groups -OCH3 is 1. The third kappa shape index (κ3) is 2.70. The zero-order chi connectivity index (χ0) is 13.1. The van der Waals surface area contributed by atoms with Crippen molar-refractivity contribution in [1.29, 1.82) is 0 Å². The van der Waals surface area contributed by atoms with E-state index in [1.54, 1.807) is 12.3 Å². The highest BCUT2D eigenvalue weighted by Crippen LogP contribution is 2.19. The lowest BCUT2D eigenvalue weighted by Gasteiger charge is -2.05. The predicted molar refractivity (Wildman–Crippen MR) is 69.4 cm³/mol. The molecule has 0 aliphatic carbocycles. The number of hydrogen-bond acceptors (Lipinski definition) is 2. The molecule has 0 saturated heterocycles. The molecule has 0 unspecified atom stereocenters. The lowest BCUT2D eigenvalue weighted by molar-refractivity contribution is 0.102. The SMILES string of the molecule is COc1ccc(C(=O)Nc2c[nH]c(Br)c2)cc1F. The quantitative estimate of drug-likeness (QED) is 0.914. The minimum absolute atomic E-state index is 0.107. The second kappa shape index (κ2) is 5.22. The summed E-state index contributed by atoms with van der Waals surface area (Å²) in [7, 11) is 1.37. The number of rotatable bonds is 3. The van der Waals surface area contributed by atoms with Crippen molar-refractivity contribution in [3.05, 3.63) is 46.4 Å². The fourth-order valence-electron chi connectivity index (χ4n) is 1.45. The number of halogens is 2. The topological polar surface area (TPSA) is 54.1 Å². The molecule has 0 spiro atoms. The van der Waals surface area contributed by atoms with Crippen LogP contribution in [0.4, 0.5) is 10.1 Å². The van der Waals surface area contributed by atoms with Crippen molar-refractivity contribution >= 4 is 27.5 Å². The van der Waals surface area contributed by atoms with E-state index < -0.39 is 5.82 Å². The fraction of sp³-hybridized carbons (Fsp3) is 0.0833. The normalized spacial score (nSPS) is 10.2. The number of aromatic amines is 1. The number of anilines is 1. The Morgan fingerprint density at radius 1 is 1.44 bits per heavy atom. The number of H-pyrrole nitrogens is 1. The number of aromatic nitrogens is 1. The summed E-state index contributed by atoms with van der Waals surface area (Å²) >= 11 is 3.23. The van der Waals surface area contributed by atoms with Crippen LogP contribution in [-0.4, -0.2) is 18.0 Å². The molecule has 94 valence electrons. The lowest BCUT2D eigenvalue weighted by atomic mass is 10.2. The number of amides is 1. The van der Waals surface area contributed by atoms with E-state index in [0.717, 1.165) is 10.7 Å². The molecule has 1 amide bonds. The number of nitrogens with one attached hydrogen (secondary N) is 2. The summed E-state index contributed by atoms with van der Waals surface area (Å²) in [5.41, 5.74) is 0.828. The van der Waals surface area contributed by atoms with Crippen molar-refractivity contribution in [3.63, 3.8) is 0 Å². The molecule has 2 N–H and O–H groups in total. The molecule has 0 aliphatic heterocycles. The van der Waals surface area contributed by atoms with E-state index in [2.05, 4.69) is 26.2 Å². The van der Waals surface area contributed by atoms with E-state index in [0.29, 0.717) is 5.69 Å². The third-order valence-electron chi connectivity index (χ3n) is 2.32. The van der Waals surface area contributed by atoms with Gasteiger partial charge in [0.15, 0.2) is 11.6 Å². The molecule has 2 aromatic rings. The Kier molecular flexibility index (Phi) is 3.66. The second-order valence-corrected chi connectivity index (χ2v) is 4.39. The van der Waals surface area contributed by atoms with E-state index in [1.165, 1.54) is 19.2 Å². The molecule has 1 aromatic carbocycles. The van der Waals surface area contributed by atoms with Gasteiger partial charge in [0.2, 0.25) is 0 Å². The number of carbonyl (C=O) groups is 1. The minimum atomic E-state index is -0.569. The highest BCUT2D eigenvalue weighted by atomic mass is 79.9. The molecule has 0 radical (unpaired) electrons. The van der Waals surface area contributed by atoms with Crippen LogP contribution in [-0.2, 0) is 0 Å². The average molecular weight is 313 g/mol. The Bertz CT molecular complexity index is 583. The first-order valence-electron chi connectivity index (χ1n) is 5.09. The molecular formula is C12H10BrFN2O2. The molecule has 2 rings (SSSR count). The first-order chi connectivity index (χ1) is 8.60. The number of ether oxygens (including phenoxy) is 1. The van der Waals surface area contributed by atoms with Crippen LogP contribution < -0.4 is 10.1 Å². The van der Waals surface area contributed by atoms with E-state index in [1.807, 2.05) is 0 Å². The number of hydrogen-bond donors (Lipinski definition) is 2. The molecule has 4 nitrogen and oxygen atoms in total. The van der Waals surface area contributed by atoms with Crippen LogP contribution in [0, 0.1) is 5.82 Å². The second-order valence-electron chi connectivity index (χ2n) is 3.54. The summed E-state index contributed by atoms with van der Waals surface area (Å²) in [4.78, 5) is 14.7.